The van der Waals surface area contributed by atoms with Crippen LogP contribution in [0.15, 0.2) is 54.7 Å². The molecule has 1 amide bonds. The number of carbonyl (C=O) groups is 1. The van der Waals surface area contributed by atoms with Gasteiger partial charge in [0.05, 0.1) is 23.0 Å². The van der Waals surface area contributed by atoms with Crippen LogP contribution in [-0.4, -0.2) is 27.6 Å². The molecule has 0 unspecified atom stereocenters. The molecule has 0 radical (unpaired) electrons. The Bertz CT molecular complexity index is 993. The largest absolute Gasteiger partial charge is 0.416 e. The second-order valence-corrected chi connectivity index (χ2v) is 6.36. The summed E-state index contributed by atoms with van der Waals surface area (Å²) in [6.45, 7) is 1.78. The summed E-state index contributed by atoms with van der Waals surface area (Å²) in [6, 6.07) is 10.7. The molecule has 4 nitrogen and oxygen atoms in total. The Kier molecular flexibility index (Phi) is 5.22. The van der Waals surface area contributed by atoms with Crippen LogP contribution in [0.2, 0.25) is 0 Å². The number of nitrogens with zero attached hydrogens (tertiary/aromatic N) is 3. The van der Waals surface area contributed by atoms with Gasteiger partial charge in [0.2, 0.25) is 0 Å². The minimum Gasteiger partial charge on any atom is -0.337 e. The molecule has 0 bridgehead atoms. The van der Waals surface area contributed by atoms with Crippen molar-refractivity contribution in [3.63, 3.8) is 0 Å². The molecule has 146 valence electrons. The lowest BCUT2D eigenvalue weighted by Gasteiger charge is -2.17. The second-order valence-electron chi connectivity index (χ2n) is 6.36. The lowest BCUT2D eigenvalue weighted by atomic mass is 10.1. The van der Waals surface area contributed by atoms with Crippen LogP contribution in [0.5, 0.6) is 0 Å². The normalized spacial score (nSPS) is 11.5. The fourth-order valence-electron chi connectivity index (χ4n) is 2.84. The molecule has 0 spiro atoms. The molecule has 8 heteroatoms. The number of rotatable bonds is 4. The fraction of sp³-hybridized carbons (Fsp3) is 0.200. The van der Waals surface area contributed by atoms with Crippen LogP contribution in [-0.2, 0) is 12.7 Å². The fourth-order valence-corrected chi connectivity index (χ4v) is 2.84. The van der Waals surface area contributed by atoms with E-state index >= 15 is 0 Å². The van der Waals surface area contributed by atoms with Gasteiger partial charge in [-0.05, 0) is 36.8 Å². The number of amides is 1. The van der Waals surface area contributed by atoms with Gasteiger partial charge in [0.25, 0.3) is 5.91 Å². The number of hydrogen-bond donors (Lipinski definition) is 0. The summed E-state index contributed by atoms with van der Waals surface area (Å²) < 4.78 is 53.3. The van der Waals surface area contributed by atoms with E-state index in [1.54, 1.807) is 32.2 Å². The average molecular weight is 391 g/mol. The van der Waals surface area contributed by atoms with Crippen molar-refractivity contribution in [1.82, 2.24) is 14.7 Å². The summed E-state index contributed by atoms with van der Waals surface area (Å²) in [7, 11) is 1.54. The monoisotopic (exact) mass is 391 g/mol. The average Bonchev–Trinajstić information content (AvgIpc) is 3.02. The number of alkyl halides is 3. The van der Waals surface area contributed by atoms with E-state index in [1.165, 1.54) is 34.0 Å². The standard InChI is InChI=1S/C20H17F4N3O/c1-13-16(11-25-27(13)18-6-4-3-5-17(18)21)19(28)26(2)12-14-7-9-15(10-8-14)20(22,23)24/h3-11H,12H2,1-2H3. The minimum absolute atomic E-state index is 0.126. The maximum absolute atomic E-state index is 14.0. The highest BCUT2D eigenvalue weighted by molar-refractivity contribution is 5.95. The Labute approximate surface area is 159 Å². The molecule has 3 rings (SSSR count). The van der Waals surface area contributed by atoms with E-state index in [-0.39, 0.29) is 23.7 Å². The van der Waals surface area contributed by atoms with Crippen LogP contribution in [0.3, 0.4) is 0 Å². The highest BCUT2D eigenvalue weighted by atomic mass is 19.4. The lowest BCUT2D eigenvalue weighted by Crippen LogP contribution is -2.26. The molecule has 0 aliphatic heterocycles. The summed E-state index contributed by atoms with van der Waals surface area (Å²) in [6.07, 6.45) is -3.05. The third kappa shape index (κ3) is 3.90. The second kappa shape index (κ2) is 7.46. The summed E-state index contributed by atoms with van der Waals surface area (Å²) in [5.74, 6) is -0.828. The zero-order valence-electron chi connectivity index (χ0n) is 15.2. The van der Waals surface area contributed by atoms with Gasteiger partial charge in [-0.1, -0.05) is 24.3 Å². The van der Waals surface area contributed by atoms with Gasteiger partial charge in [-0.15, -0.1) is 0 Å². The maximum Gasteiger partial charge on any atom is 0.416 e. The SMILES string of the molecule is Cc1c(C(=O)N(C)Cc2ccc(C(F)(F)F)cc2)cnn1-c1ccccc1F. The van der Waals surface area contributed by atoms with Crippen molar-refractivity contribution >= 4 is 5.91 Å². The molecule has 1 heterocycles. The van der Waals surface area contributed by atoms with Crippen LogP contribution < -0.4 is 0 Å². The molecule has 0 atom stereocenters. The van der Waals surface area contributed by atoms with Crippen molar-refractivity contribution in [3.05, 3.63) is 82.9 Å². The Hall–Kier alpha value is -3.16. The van der Waals surface area contributed by atoms with Gasteiger partial charge in [-0.25, -0.2) is 9.07 Å². The number of benzene rings is 2. The van der Waals surface area contributed by atoms with Crippen LogP contribution in [0.4, 0.5) is 17.6 Å². The smallest absolute Gasteiger partial charge is 0.337 e. The number of carbonyl (C=O) groups excluding carboxylic acids is 1. The molecule has 3 aromatic rings. The summed E-state index contributed by atoms with van der Waals surface area (Å²) in [5, 5.41) is 4.10. The molecule has 0 aliphatic rings. The first-order valence-corrected chi connectivity index (χ1v) is 8.39. The van der Waals surface area contributed by atoms with Crippen molar-refractivity contribution in [2.45, 2.75) is 19.6 Å². The summed E-state index contributed by atoms with van der Waals surface area (Å²) in [5.41, 5.74) is 0.798. The molecule has 28 heavy (non-hydrogen) atoms. The Balaban J connectivity index is 1.78. The third-order valence-electron chi connectivity index (χ3n) is 4.37. The Morgan fingerprint density at radius 2 is 1.75 bits per heavy atom. The molecular weight excluding hydrogens is 374 g/mol. The van der Waals surface area contributed by atoms with Crippen molar-refractivity contribution in [2.75, 3.05) is 7.05 Å². The first-order valence-electron chi connectivity index (χ1n) is 8.39. The molecule has 0 N–H and O–H groups in total. The quantitative estimate of drug-likeness (QED) is 0.609. The lowest BCUT2D eigenvalue weighted by molar-refractivity contribution is -0.137. The van der Waals surface area contributed by atoms with Gasteiger partial charge in [0.1, 0.15) is 11.5 Å². The van der Waals surface area contributed by atoms with E-state index in [2.05, 4.69) is 5.10 Å². The molecule has 2 aromatic carbocycles. The Morgan fingerprint density at radius 3 is 2.36 bits per heavy atom. The molecule has 0 saturated heterocycles. The van der Waals surface area contributed by atoms with Crippen LogP contribution in [0.1, 0.15) is 27.2 Å². The predicted octanol–water partition coefficient (Wildman–Crippen LogP) is 4.61. The van der Waals surface area contributed by atoms with Crippen molar-refractivity contribution in [1.29, 1.82) is 0 Å². The van der Waals surface area contributed by atoms with E-state index in [1.807, 2.05) is 0 Å². The van der Waals surface area contributed by atoms with Crippen molar-refractivity contribution < 1.29 is 22.4 Å². The molecular formula is C20H17F4N3O. The number of para-hydroxylation sites is 1. The number of hydrogen-bond acceptors (Lipinski definition) is 2. The first-order chi connectivity index (χ1) is 13.2. The van der Waals surface area contributed by atoms with Gasteiger partial charge < -0.3 is 4.90 Å². The Morgan fingerprint density at radius 1 is 1.11 bits per heavy atom. The molecule has 0 saturated carbocycles. The molecule has 1 aromatic heterocycles. The van der Waals surface area contributed by atoms with Gasteiger partial charge in [0.15, 0.2) is 0 Å². The zero-order valence-corrected chi connectivity index (χ0v) is 15.2. The minimum atomic E-state index is -4.40. The molecule has 0 aliphatic carbocycles. The van der Waals surface area contributed by atoms with Crippen molar-refractivity contribution in [3.8, 4) is 5.69 Å². The van der Waals surface area contributed by atoms with E-state index in [0.29, 0.717) is 11.3 Å². The highest BCUT2D eigenvalue weighted by Crippen LogP contribution is 2.29. The first kappa shape index (κ1) is 19.6. The highest BCUT2D eigenvalue weighted by Gasteiger charge is 2.30. The number of halogens is 4. The van der Waals surface area contributed by atoms with Crippen LogP contribution in [0.25, 0.3) is 5.69 Å². The summed E-state index contributed by atoms with van der Waals surface area (Å²) in [4.78, 5) is 14.1. The topological polar surface area (TPSA) is 38.1 Å². The van der Waals surface area contributed by atoms with Crippen LogP contribution in [0, 0.1) is 12.7 Å². The van der Waals surface area contributed by atoms with Crippen molar-refractivity contribution in [2.24, 2.45) is 0 Å². The predicted molar refractivity (Wildman–Crippen MR) is 95.5 cm³/mol. The van der Waals surface area contributed by atoms with Gasteiger partial charge in [-0.3, -0.25) is 4.79 Å². The number of aromatic nitrogens is 2. The van der Waals surface area contributed by atoms with Gasteiger partial charge >= 0.3 is 6.18 Å². The third-order valence-corrected chi connectivity index (χ3v) is 4.37. The molecule has 0 fully saturated rings. The summed E-state index contributed by atoms with van der Waals surface area (Å²) >= 11 is 0. The van der Waals surface area contributed by atoms with E-state index in [0.717, 1.165) is 12.1 Å². The van der Waals surface area contributed by atoms with E-state index in [4.69, 9.17) is 0 Å². The maximum atomic E-state index is 14.0. The van der Waals surface area contributed by atoms with Crippen LogP contribution >= 0.6 is 0 Å². The van der Waals surface area contributed by atoms with Gasteiger partial charge in [-0.2, -0.15) is 18.3 Å². The van der Waals surface area contributed by atoms with E-state index in [9.17, 15) is 22.4 Å². The van der Waals surface area contributed by atoms with E-state index < -0.39 is 17.6 Å². The zero-order chi connectivity index (χ0) is 20.5. The van der Waals surface area contributed by atoms with Gasteiger partial charge in [0, 0.05) is 13.6 Å².